The van der Waals surface area contributed by atoms with Crippen molar-refractivity contribution < 1.29 is 13.6 Å². The number of nitrogens with zero attached hydrogens (tertiary/aromatic N) is 4. The number of piperidine rings is 1. The van der Waals surface area contributed by atoms with Crippen LogP contribution in [0, 0.1) is 17.6 Å². The van der Waals surface area contributed by atoms with Gasteiger partial charge in [-0.05, 0) is 42.7 Å². The monoisotopic (exact) mass is 481 g/mol. The lowest BCUT2D eigenvalue weighted by atomic mass is 9.97. The quantitative estimate of drug-likeness (QED) is 0.442. The van der Waals surface area contributed by atoms with Gasteiger partial charge in [0.2, 0.25) is 5.91 Å². The number of carbonyl (C=O) groups excluding carboxylic acids is 1. The zero-order valence-corrected chi connectivity index (χ0v) is 19.0. The standard InChI is InChI=1S/C25H22ClF2N5O/c26-21-6-2-1-5-20(21)22-13-23-24(29-7-9-33(23)31-22)32-8-3-4-17(15-32)25(34)30-14-16-10-18(27)12-19(28)11-16/h1-2,5-7,9-13,17H,3-4,8,14-15H2,(H,30,34). The molecule has 1 aliphatic rings. The highest BCUT2D eigenvalue weighted by atomic mass is 35.5. The number of benzene rings is 2. The van der Waals surface area contributed by atoms with E-state index >= 15 is 0 Å². The van der Waals surface area contributed by atoms with E-state index in [1.807, 2.05) is 30.3 Å². The van der Waals surface area contributed by atoms with Crippen molar-refractivity contribution >= 4 is 28.8 Å². The maximum Gasteiger partial charge on any atom is 0.225 e. The van der Waals surface area contributed by atoms with Crippen LogP contribution in [0.1, 0.15) is 18.4 Å². The van der Waals surface area contributed by atoms with E-state index in [0.717, 1.165) is 48.0 Å². The second-order valence-electron chi connectivity index (χ2n) is 8.37. The lowest BCUT2D eigenvalue weighted by Gasteiger charge is -2.33. The Hall–Kier alpha value is -3.52. The number of amides is 1. The second kappa shape index (κ2) is 9.38. The Bertz CT molecular complexity index is 1340. The molecule has 34 heavy (non-hydrogen) atoms. The van der Waals surface area contributed by atoms with Gasteiger partial charge in [-0.25, -0.2) is 18.3 Å². The number of anilines is 1. The molecule has 1 saturated heterocycles. The zero-order chi connectivity index (χ0) is 23.7. The molecule has 6 nitrogen and oxygen atoms in total. The Labute approximate surface area is 200 Å². The van der Waals surface area contributed by atoms with Gasteiger partial charge < -0.3 is 10.2 Å². The SMILES string of the molecule is O=C(NCc1cc(F)cc(F)c1)C1CCCN(c2nccn3nc(-c4ccccc4Cl)cc23)C1. The topological polar surface area (TPSA) is 62.5 Å². The van der Waals surface area contributed by atoms with E-state index in [1.165, 1.54) is 12.1 Å². The Morgan fingerprint density at radius 3 is 2.74 bits per heavy atom. The first-order valence-electron chi connectivity index (χ1n) is 11.0. The molecule has 3 heterocycles. The third-order valence-corrected chi connectivity index (χ3v) is 6.33. The maximum atomic E-state index is 13.4. The van der Waals surface area contributed by atoms with Crippen LogP contribution in [0.2, 0.25) is 5.02 Å². The molecule has 1 amide bonds. The number of aromatic nitrogens is 3. The summed E-state index contributed by atoms with van der Waals surface area (Å²) in [6.45, 7) is 1.32. The highest BCUT2D eigenvalue weighted by Crippen LogP contribution is 2.31. The van der Waals surface area contributed by atoms with Crippen LogP contribution >= 0.6 is 11.6 Å². The highest BCUT2D eigenvalue weighted by molar-refractivity contribution is 6.33. The molecular weight excluding hydrogens is 460 g/mol. The van der Waals surface area contributed by atoms with Gasteiger partial charge in [0.05, 0.1) is 16.6 Å². The molecule has 0 bridgehead atoms. The molecule has 5 rings (SSSR count). The molecule has 1 unspecified atom stereocenters. The molecule has 0 spiro atoms. The van der Waals surface area contributed by atoms with Crippen LogP contribution in [0.15, 0.2) is 60.9 Å². The summed E-state index contributed by atoms with van der Waals surface area (Å²) in [6.07, 6.45) is 5.02. The second-order valence-corrected chi connectivity index (χ2v) is 8.78. The van der Waals surface area contributed by atoms with Crippen molar-refractivity contribution in [2.45, 2.75) is 19.4 Å². The summed E-state index contributed by atoms with van der Waals surface area (Å²) < 4.78 is 28.6. The predicted molar refractivity (Wildman–Crippen MR) is 127 cm³/mol. The molecule has 1 atom stereocenters. The van der Waals surface area contributed by atoms with Crippen molar-refractivity contribution in [3.05, 3.63) is 83.1 Å². The van der Waals surface area contributed by atoms with Crippen LogP contribution in [0.25, 0.3) is 16.8 Å². The van der Waals surface area contributed by atoms with Gasteiger partial charge in [0.25, 0.3) is 0 Å². The van der Waals surface area contributed by atoms with Crippen molar-refractivity contribution in [1.29, 1.82) is 0 Å². The molecule has 2 aromatic heterocycles. The number of nitrogens with one attached hydrogen (secondary N) is 1. The fourth-order valence-corrected chi connectivity index (χ4v) is 4.62. The van der Waals surface area contributed by atoms with Crippen molar-refractivity contribution in [1.82, 2.24) is 19.9 Å². The molecule has 1 aliphatic heterocycles. The minimum atomic E-state index is -0.663. The Kier molecular flexibility index (Phi) is 6.15. The van der Waals surface area contributed by atoms with Gasteiger partial charge in [0, 0.05) is 43.7 Å². The van der Waals surface area contributed by atoms with Gasteiger partial charge in [0.1, 0.15) is 17.2 Å². The molecular formula is C25H22ClF2N5O. The molecule has 4 aromatic rings. The van der Waals surface area contributed by atoms with Crippen LogP contribution in [0.5, 0.6) is 0 Å². The smallest absolute Gasteiger partial charge is 0.225 e. The highest BCUT2D eigenvalue weighted by Gasteiger charge is 2.28. The first-order valence-corrected chi connectivity index (χ1v) is 11.4. The Morgan fingerprint density at radius 1 is 1.15 bits per heavy atom. The van der Waals surface area contributed by atoms with Crippen LogP contribution < -0.4 is 10.2 Å². The molecule has 1 N–H and O–H groups in total. The minimum absolute atomic E-state index is 0.0711. The molecule has 174 valence electrons. The fourth-order valence-electron chi connectivity index (χ4n) is 4.38. The maximum absolute atomic E-state index is 13.4. The van der Waals surface area contributed by atoms with Crippen LogP contribution in [0.3, 0.4) is 0 Å². The summed E-state index contributed by atoms with van der Waals surface area (Å²) in [4.78, 5) is 19.5. The first-order chi connectivity index (χ1) is 16.5. The lowest BCUT2D eigenvalue weighted by Crippen LogP contribution is -2.43. The van der Waals surface area contributed by atoms with Crippen LogP contribution in [-0.2, 0) is 11.3 Å². The van der Waals surface area contributed by atoms with Gasteiger partial charge in [-0.2, -0.15) is 5.10 Å². The number of rotatable bonds is 5. The van der Waals surface area contributed by atoms with E-state index in [2.05, 4.69) is 20.3 Å². The van der Waals surface area contributed by atoms with Crippen LogP contribution in [0.4, 0.5) is 14.6 Å². The Balaban J connectivity index is 1.33. The van der Waals surface area contributed by atoms with Crippen molar-refractivity contribution in [2.24, 2.45) is 5.92 Å². The first kappa shape index (κ1) is 22.3. The molecule has 0 radical (unpaired) electrons. The average Bonchev–Trinajstić information content (AvgIpc) is 3.26. The Morgan fingerprint density at radius 2 is 1.94 bits per heavy atom. The largest absolute Gasteiger partial charge is 0.354 e. The summed E-state index contributed by atoms with van der Waals surface area (Å²) in [5.74, 6) is -0.988. The lowest BCUT2D eigenvalue weighted by molar-refractivity contribution is -0.125. The van der Waals surface area contributed by atoms with Crippen molar-refractivity contribution in [2.75, 3.05) is 18.0 Å². The van der Waals surface area contributed by atoms with E-state index in [1.54, 1.807) is 16.9 Å². The number of fused-ring (bicyclic) bond motifs is 1. The molecule has 1 fully saturated rings. The van der Waals surface area contributed by atoms with E-state index in [0.29, 0.717) is 17.1 Å². The normalized spacial score (nSPS) is 16.1. The predicted octanol–water partition coefficient (Wildman–Crippen LogP) is 4.86. The summed E-state index contributed by atoms with van der Waals surface area (Å²) in [5, 5.41) is 8.09. The summed E-state index contributed by atoms with van der Waals surface area (Å²) in [7, 11) is 0. The summed E-state index contributed by atoms with van der Waals surface area (Å²) in [6, 6.07) is 12.7. The van der Waals surface area contributed by atoms with E-state index in [4.69, 9.17) is 11.6 Å². The molecule has 0 saturated carbocycles. The van der Waals surface area contributed by atoms with E-state index in [-0.39, 0.29) is 18.4 Å². The van der Waals surface area contributed by atoms with Gasteiger partial charge in [-0.15, -0.1) is 0 Å². The summed E-state index contributed by atoms with van der Waals surface area (Å²) in [5.41, 5.74) is 2.79. The van der Waals surface area contributed by atoms with Gasteiger partial charge in [-0.1, -0.05) is 29.8 Å². The third-order valence-electron chi connectivity index (χ3n) is 6.00. The molecule has 0 aliphatic carbocycles. The zero-order valence-electron chi connectivity index (χ0n) is 18.2. The molecule has 2 aromatic carbocycles. The summed E-state index contributed by atoms with van der Waals surface area (Å²) >= 11 is 6.36. The van der Waals surface area contributed by atoms with E-state index < -0.39 is 11.6 Å². The average molecular weight is 482 g/mol. The van der Waals surface area contributed by atoms with Crippen molar-refractivity contribution in [3.63, 3.8) is 0 Å². The fraction of sp³-hybridized carbons (Fsp3) is 0.240. The van der Waals surface area contributed by atoms with Gasteiger partial charge in [-0.3, -0.25) is 4.79 Å². The van der Waals surface area contributed by atoms with Crippen molar-refractivity contribution in [3.8, 4) is 11.3 Å². The van der Waals surface area contributed by atoms with Gasteiger partial charge >= 0.3 is 0 Å². The molecule has 9 heteroatoms. The number of halogens is 3. The third kappa shape index (κ3) is 4.59. The minimum Gasteiger partial charge on any atom is -0.354 e. The van der Waals surface area contributed by atoms with Gasteiger partial charge in [0.15, 0.2) is 5.82 Å². The number of hydrogen-bond acceptors (Lipinski definition) is 4. The number of carbonyl (C=O) groups is 1. The van der Waals surface area contributed by atoms with E-state index in [9.17, 15) is 13.6 Å². The van der Waals surface area contributed by atoms with Crippen LogP contribution in [-0.4, -0.2) is 33.6 Å². The number of hydrogen-bond donors (Lipinski definition) is 1.